The van der Waals surface area contributed by atoms with Crippen LogP contribution in [0.3, 0.4) is 0 Å². The molecule has 0 saturated heterocycles. The van der Waals surface area contributed by atoms with Gasteiger partial charge in [0.2, 0.25) is 0 Å². The predicted molar refractivity (Wildman–Crippen MR) is 109 cm³/mol. The molecule has 0 aliphatic rings. The lowest BCUT2D eigenvalue weighted by Gasteiger charge is -2.17. The first-order valence-corrected chi connectivity index (χ1v) is 9.89. The molecule has 0 saturated carbocycles. The quantitative estimate of drug-likeness (QED) is 0.504. The molecule has 7 heteroatoms. The van der Waals surface area contributed by atoms with Gasteiger partial charge in [-0.2, -0.15) is 0 Å². The summed E-state index contributed by atoms with van der Waals surface area (Å²) >= 11 is 1.45. The van der Waals surface area contributed by atoms with Gasteiger partial charge in [0.15, 0.2) is 6.29 Å². The zero-order chi connectivity index (χ0) is 19.9. The minimum atomic E-state index is -0.947. The fraction of sp³-hybridized carbons (Fsp3) is 0.286. The summed E-state index contributed by atoms with van der Waals surface area (Å²) in [7, 11) is 1.65. The third-order valence-corrected chi connectivity index (χ3v) is 5.25. The smallest absolute Gasteiger partial charge is 0.335 e. The van der Waals surface area contributed by atoms with Crippen molar-refractivity contribution in [1.29, 1.82) is 0 Å². The summed E-state index contributed by atoms with van der Waals surface area (Å²) in [6.07, 6.45) is 2.76. The molecule has 0 aliphatic heterocycles. The number of nitrogens with zero attached hydrogens (tertiary/aromatic N) is 2. The van der Waals surface area contributed by atoms with Gasteiger partial charge in [-0.3, -0.25) is 0 Å². The minimum absolute atomic E-state index is 0.243. The Labute approximate surface area is 167 Å². The van der Waals surface area contributed by atoms with Crippen molar-refractivity contribution in [3.63, 3.8) is 0 Å². The second kappa shape index (κ2) is 9.43. The van der Waals surface area contributed by atoms with Crippen LogP contribution in [-0.2, 0) is 4.74 Å². The molecule has 0 bridgehead atoms. The molecule has 3 rings (SSSR count). The number of unbranched alkanes of at least 4 members (excludes halogenated alkanes) is 1. The summed E-state index contributed by atoms with van der Waals surface area (Å²) in [5, 5.41) is 19.0. The normalized spacial score (nSPS) is 11.9. The molecule has 0 aliphatic carbocycles. The van der Waals surface area contributed by atoms with Crippen molar-refractivity contribution in [1.82, 2.24) is 10.2 Å². The molecule has 3 aromatic rings. The summed E-state index contributed by atoms with van der Waals surface area (Å²) in [5.74, 6) is -0.196. The first kappa shape index (κ1) is 20.0. The van der Waals surface area contributed by atoms with Crippen LogP contribution in [0.15, 0.2) is 48.5 Å². The van der Waals surface area contributed by atoms with Crippen molar-refractivity contribution in [2.24, 2.45) is 0 Å². The van der Waals surface area contributed by atoms with Gasteiger partial charge >= 0.3 is 5.97 Å². The fourth-order valence-electron chi connectivity index (χ4n) is 2.64. The summed E-state index contributed by atoms with van der Waals surface area (Å²) < 4.78 is 11.2. The van der Waals surface area contributed by atoms with Crippen LogP contribution >= 0.6 is 11.3 Å². The van der Waals surface area contributed by atoms with Crippen LogP contribution < -0.4 is 4.74 Å². The van der Waals surface area contributed by atoms with E-state index in [1.165, 1.54) is 11.3 Å². The highest BCUT2D eigenvalue weighted by Gasteiger charge is 2.12. The van der Waals surface area contributed by atoms with E-state index in [0.29, 0.717) is 0 Å². The Morgan fingerprint density at radius 1 is 1.04 bits per heavy atom. The minimum Gasteiger partial charge on any atom is -0.478 e. The van der Waals surface area contributed by atoms with E-state index in [1.54, 1.807) is 31.4 Å². The van der Waals surface area contributed by atoms with Crippen molar-refractivity contribution >= 4 is 17.3 Å². The Kier molecular flexibility index (Phi) is 6.73. The number of ether oxygens (including phenoxy) is 2. The van der Waals surface area contributed by atoms with Gasteiger partial charge in [-0.1, -0.05) is 36.8 Å². The maximum absolute atomic E-state index is 11.0. The molecule has 0 amide bonds. The molecular weight excluding hydrogens is 376 g/mol. The summed E-state index contributed by atoms with van der Waals surface area (Å²) in [6, 6.07) is 14.3. The summed E-state index contributed by atoms with van der Waals surface area (Å²) in [5.41, 5.74) is 2.03. The Morgan fingerprint density at radius 2 is 1.61 bits per heavy atom. The molecule has 6 nitrogen and oxygen atoms in total. The number of hydrogen-bond acceptors (Lipinski definition) is 6. The van der Waals surface area contributed by atoms with E-state index >= 15 is 0 Å². The molecule has 1 N–H and O–H groups in total. The second-order valence-corrected chi connectivity index (χ2v) is 7.22. The predicted octanol–water partition coefficient (Wildman–Crippen LogP) is 5.11. The van der Waals surface area contributed by atoms with E-state index in [1.807, 2.05) is 24.3 Å². The van der Waals surface area contributed by atoms with Crippen molar-refractivity contribution in [3.05, 3.63) is 54.1 Å². The van der Waals surface area contributed by atoms with E-state index in [2.05, 4.69) is 17.1 Å². The van der Waals surface area contributed by atoms with E-state index in [0.717, 1.165) is 46.2 Å². The summed E-state index contributed by atoms with van der Waals surface area (Å²) in [4.78, 5) is 11.0. The molecule has 0 fully saturated rings. The molecule has 1 unspecified atom stereocenters. The van der Waals surface area contributed by atoms with Crippen LogP contribution in [0.25, 0.3) is 21.1 Å². The highest BCUT2D eigenvalue weighted by Crippen LogP contribution is 2.31. The van der Waals surface area contributed by atoms with E-state index in [9.17, 15) is 4.79 Å². The average molecular weight is 398 g/mol. The molecule has 146 valence electrons. The summed E-state index contributed by atoms with van der Waals surface area (Å²) in [6.45, 7) is 2.14. The Balaban J connectivity index is 1.70. The number of hydrogen-bond donors (Lipinski definition) is 1. The lowest BCUT2D eigenvalue weighted by molar-refractivity contribution is -0.0592. The molecule has 1 atom stereocenters. The van der Waals surface area contributed by atoms with Gasteiger partial charge in [0.25, 0.3) is 0 Å². The number of benzene rings is 2. The molecule has 28 heavy (non-hydrogen) atoms. The lowest BCUT2D eigenvalue weighted by atomic mass is 10.1. The van der Waals surface area contributed by atoms with Crippen molar-refractivity contribution < 1.29 is 19.4 Å². The molecular formula is C21H22N2O4S. The highest BCUT2D eigenvalue weighted by atomic mass is 32.1. The van der Waals surface area contributed by atoms with Crippen LogP contribution in [0.4, 0.5) is 0 Å². The molecule has 1 aromatic heterocycles. The Morgan fingerprint density at radius 3 is 2.11 bits per heavy atom. The van der Waals surface area contributed by atoms with Gasteiger partial charge in [0.1, 0.15) is 15.8 Å². The van der Waals surface area contributed by atoms with Gasteiger partial charge in [0, 0.05) is 24.7 Å². The van der Waals surface area contributed by atoms with Crippen LogP contribution in [0.2, 0.25) is 0 Å². The standard InChI is InChI=1S/C21H22N2O4S/c1-3-4-5-18(26-2)27-17-12-10-15(11-13-17)20-23-22-19(28-20)14-6-8-16(9-7-14)21(24)25/h6-13,18H,3-5H2,1-2H3,(H,24,25). The maximum atomic E-state index is 11.0. The second-order valence-electron chi connectivity index (χ2n) is 6.24. The lowest BCUT2D eigenvalue weighted by Crippen LogP contribution is -2.18. The van der Waals surface area contributed by atoms with Crippen molar-refractivity contribution in [3.8, 4) is 26.9 Å². The number of rotatable bonds is 9. The number of carboxylic acid groups (broad SMARTS) is 1. The van der Waals surface area contributed by atoms with Crippen molar-refractivity contribution in [2.45, 2.75) is 32.5 Å². The van der Waals surface area contributed by atoms with Gasteiger partial charge in [-0.25, -0.2) is 4.79 Å². The first-order valence-electron chi connectivity index (χ1n) is 9.08. The maximum Gasteiger partial charge on any atom is 0.335 e. The monoisotopic (exact) mass is 398 g/mol. The van der Waals surface area contributed by atoms with Crippen LogP contribution in [0.1, 0.15) is 36.5 Å². The van der Waals surface area contributed by atoms with Gasteiger partial charge in [-0.15, -0.1) is 10.2 Å². The first-order chi connectivity index (χ1) is 13.6. The van der Waals surface area contributed by atoms with E-state index in [4.69, 9.17) is 14.6 Å². The average Bonchev–Trinajstić information content (AvgIpc) is 3.22. The van der Waals surface area contributed by atoms with Crippen LogP contribution in [-0.4, -0.2) is 34.7 Å². The number of methoxy groups -OCH3 is 1. The largest absolute Gasteiger partial charge is 0.478 e. The third kappa shape index (κ3) is 4.94. The number of carbonyl (C=O) groups is 1. The Bertz CT molecular complexity index is 907. The number of aromatic carboxylic acids is 1. The molecule has 1 heterocycles. The molecule has 0 radical (unpaired) electrons. The fourth-order valence-corrected chi connectivity index (χ4v) is 3.49. The van der Waals surface area contributed by atoms with Crippen LogP contribution in [0.5, 0.6) is 5.75 Å². The SMILES string of the molecule is CCCCC(OC)Oc1ccc(-c2nnc(-c3ccc(C(=O)O)cc3)s2)cc1. The third-order valence-electron chi connectivity index (χ3n) is 4.23. The van der Waals surface area contributed by atoms with Crippen molar-refractivity contribution in [2.75, 3.05) is 7.11 Å². The number of aromatic nitrogens is 2. The van der Waals surface area contributed by atoms with Gasteiger partial charge in [0.05, 0.1) is 5.56 Å². The van der Waals surface area contributed by atoms with Gasteiger partial charge in [-0.05, 0) is 42.8 Å². The molecule has 2 aromatic carbocycles. The Hall–Kier alpha value is -2.77. The van der Waals surface area contributed by atoms with E-state index in [-0.39, 0.29) is 11.9 Å². The zero-order valence-corrected chi connectivity index (χ0v) is 16.6. The highest BCUT2D eigenvalue weighted by molar-refractivity contribution is 7.17. The molecule has 0 spiro atoms. The van der Waals surface area contributed by atoms with E-state index < -0.39 is 5.97 Å². The van der Waals surface area contributed by atoms with Crippen LogP contribution in [0, 0.1) is 0 Å². The number of carboxylic acids is 1. The zero-order valence-electron chi connectivity index (χ0n) is 15.8. The topological polar surface area (TPSA) is 81.5 Å². The van der Waals surface area contributed by atoms with Gasteiger partial charge < -0.3 is 14.6 Å².